The zero-order chi connectivity index (χ0) is 17.9. The van der Waals surface area contributed by atoms with Crippen LogP contribution in [0, 0.1) is 0 Å². The van der Waals surface area contributed by atoms with Gasteiger partial charge in [-0.25, -0.2) is 0 Å². The largest absolute Gasteiger partial charge is 0.468 e. The molecule has 2 N–H and O–H groups in total. The summed E-state index contributed by atoms with van der Waals surface area (Å²) >= 11 is 0. The maximum atomic E-state index is 5.68. The van der Waals surface area contributed by atoms with Crippen molar-refractivity contribution in [3.63, 3.8) is 0 Å². The molecule has 7 heteroatoms. The maximum absolute atomic E-state index is 5.68. The Morgan fingerprint density at radius 1 is 1.27 bits per heavy atom. The van der Waals surface area contributed by atoms with Gasteiger partial charge < -0.3 is 20.0 Å². The highest BCUT2D eigenvalue weighted by molar-refractivity contribution is 14.0. The van der Waals surface area contributed by atoms with Gasteiger partial charge in [0.25, 0.3) is 0 Å². The van der Waals surface area contributed by atoms with Crippen LogP contribution in [-0.4, -0.2) is 68.6 Å². The molecule has 0 bridgehead atoms. The van der Waals surface area contributed by atoms with Crippen LogP contribution in [0.15, 0.2) is 27.8 Å². The number of aliphatic imine (C=N–C) groups is 1. The van der Waals surface area contributed by atoms with E-state index >= 15 is 0 Å². The summed E-state index contributed by atoms with van der Waals surface area (Å²) in [4.78, 5) is 9.30. The molecule has 0 radical (unpaired) electrons. The second-order valence-electron chi connectivity index (χ2n) is 6.53. The van der Waals surface area contributed by atoms with E-state index in [1.165, 1.54) is 12.8 Å². The van der Waals surface area contributed by atoms with Gasteiger partial charge in [0.2, 0.25) is 0 Å². The van der Waals surface area contributed by atoms with Crippen molar-refractivity contribution in [1.82, 2.24) is 20.4 Å². The van der Waals surface area contributed by atoms with Crippen molar-refractivity contribution in [1.29, 1.82) is 0 Å². The van der Waals surface area contributed by atoms with E-state index in [0.29, 0.717) is 0 Å². The lowest BCUT2D eigenvalue weighted by molar-refractivity contribution is 0.215. The van der Waals surface area contributed by atoms with E-state index in [-0.39, 0.29) is 30.0 Å². The van der Waals surface area contributed by atoms with Gasteiger partial charge in [-0.05, 0) is 64.1 Å². The summed E-state index contributed by atoms with van der Waals surface area (Å²) < 4.78 is 5.68. The Morgan fingerprint density at radius 3 is 2.58 bits per heavy atom. The zero-order valence-corrected chi connectivity index (χ0v) is 18.9. The molecule has 2 rings (SSSR count). The number of hydrogen-bond acceptors (Lipinski definition) is 4. The fraction of sp³-hybridized carbons (Fsp3) is 0.737. The minimum atomic E-state index is 0. The minimum Gasteiger partial charge on any atom is -0.468 e. The van der Waals surface area contributed by atoms with Gasteiger partial charge in [0.1, 0.15) is 5.76 Å². The molecule has 1 aliphatic rings. The van der Waals surface area contributed by atoms with Crippen LogP contribution in [0.3, 0.4) is 0 Å². The molecule has 1 atom stereocenters. The van der Waals surface area contributed by atoms with Gasteiger partial charge >= 0.3 is 0 Å². The van der Waals surface area contributed by atoms with E-state index in [2.05, 4.69) is 45.3 Å². The first-order valence-electron chi connectivity index (χ1n) is 9.72. The summed E-state index contributed by atoms with van der Waals surface area (Å²) in [6.45, 7) is 11.8. The monoisotopic (exact) mass is 477 g/mol. The molecule has 26 heavy (non-hydrogen) atoms. The molecule has 0 aliphatic carbocycles. The summed E-state index contributed by atoms with van der Waals surface area (Å²) in [6, 6.07) is 4.32. The fourth-order valence-corrected chi connectivity index (χ4v) is 3.41. The first kappa shape index (κ1) is 23.2. The van der Waals surface area contributed by atoms with Crippen LogP contribution in [0.5, 0.6) is 0 Å². The molecular weight excluding hydrogens is 441 g/mol. The first-order valence-corrected chi connectivity index (χ1v) is 9.72. The molecule has 1 saturated heterocycles. The lowest BCUT2D eigenvalue weighted by atomic mass is 10.2. The molecule has 0 saturated carbocycles. The number of hydrogen-bond donors (Lipinski definition) is 2. The quantitative estimate of drug-likeness (QED) is 0.235. The Hall–Kier alpha value is -0.800. The standard InChI is InChI=1S/C19H35N5O.HI/c1-4-23(5-2)12-9-11-21-19(20-3)22-16-17(18-10-8-15-25-18)24-13-6-7-14-24;/h8,10,15,17H,4-7,9,11-14,16H2,1-3H3,(H2,20,21,22);1H. The van der Waals surface area contributed by atoms with Crippen molar-refractivity contribution in [2.45, 2.75) is 39.2 Å². The van der Waals surface area contributed by atoms with Crippen LogP contribution < -0.4 is 10.6 Å². The lowest BCUT2D eigenvalue weighted by Gasteiger charge is -2.26. The van der Waals surface area contributed by atoms with E-state index in [1.54, 1.807) is 6.26 Å². The zero-order valence-electron chi connectivity index (χ0n) is 16.5. The van der Waals surface area contributed by atoms with Crippen molar-refractivity contribution >= 4 is 29.9 Å². The van der Waals surface area contributed by atoms with Crippen molar-refractivity contribution in [2.75, 3.05) is 52.9 Å². The third kappa shape index (κ3) is 7.44. The highest BCUT2D eigenvalue weighted by Gasteiger charge is 2.25. The van der Waals surface area contributed by atoms with Gasteiger partial charge in [-0.3, -0.25) is 9.89 Å². The topological polar surface area (TPSA) is 56.0 Å². The number of nitrogens with zero attached hydrogens (tertiary/aromatic N) is 3. The Balaban J connectivity index is 0.00000338. The number of nitrogens with one attached hydrogen (secondary N) is 2. The van der Waals surface area contributed by atoms with Crippen LogP contribution in [-0.2, 0) is 0 Å². The Bertz CT molecular complexity index is 484. The second-order valence-corrected chi connectivity index (χ2v) is 6.53. The summed E-state index contributed by atoms with van der Waals surface area (Å²) in [6.07, 6.45) is 5.43. The number of furan rings is 1. The van der Waals surface area contributed by atoms with Crippen molar-refractivity contribution < 1.29 is 4.42 Å². The van der Waals surface area contributed by atoms with Crippen LogP contribution in [0.1, 0.15) is 44.9 Å². The number of guanidine groups is 1. The van der Waals surface area contributed by atoms with Crippen molar-refractivity contribution in [2.24, 2.45) is 4.99 Å². The van der Waals surface area contributed by atoms with Gasteiger partial charge in [0.05, 0.1) is 12.3 Å². The van der Waals surface area contributed by atoms with Crippen molar-refractivity contribution in [3.05, 3.63) is 24.2 Å². The lowest BCUT2D eigenvalue weighted by Crippen LogP contribution is -2.43. The average Bonchev–Trinajstić information content (AvgIpc) is 3.34. The normalized spacial score (nSPS) is 16.5. The molecule has 1 fully saturated rings. The smallest absolute Gasteiger partial charge is 0.191 e. The SMILES string of the molecule is CCN(CC)CCCNC(=NC)NCC(c1ccco1)N1CCCC1.I. The Kier molecular flexibility index (Phi) is 12.0. The number of rotatable bonds is 10. The highest BCUT2D eigenvalue weighted by atomic mass is 127. The number of likely N-dealkylation sites (tertiary alicyclic amines) is 1. The molecule has 0 aromatic carbocycles. The van der Waals surface area contributed by atoms with Gasteiger partial charge in [0, 0.05) is 20.1 Å². The van der Waals surface area contributed by atoms with E-state index in [4.69, 9.17) is 4.42 Å². The third-order valence-electron chi connectivity index (χ3n) is 4.98. The molecule has 1 unspecified atom stereocenters. The molecule has 1 aromatic heterocycles. The van der Waals surface area contributed by atoms with Crippen LogP contribution >= 0.6 is 24.0 Å². The van der Waals surface area contributed by atoms with E-state index < -0.39 is 0 Å². The number of halogens is 1. The summed E-state index contributed by atoms with van der Waals surface area (Å²) in [5.74, 6) is 1.90. The second kappa shape index (κ2) is 13.4. The fourth-order valence-electron chi connectivity index (χ4n) is 3.41. The Labute approximate surface area is 175 Å². The molecule has 0 amide bonds. The predicted octanol–water partition coefficient (Wildman–Crippen LogP) is 2.93. The molecule has 1 aliphatic heterocycles. The summed E-state index contributed by atoms with van der Waals surface area (Å²) in [7, 11) is 1.83. The van der Waals surface area contributed by atoms with E-state index in [9.17, 15) is 0 Å². The third-order valence-corrected chi connectivity index (χ3v) is 4.98. The van der Waals surface area contributed by atoms with Crippen molar-refractivity contribution in [3.8, 4) is 0 Å². The van der Waals surface area contributed by atoms with E-state index in [1.807, 2.05) is 13.1 Å². The molecule has 1 aromatic rings. The minimum absolute atomic E-state index is 0. The molecule has 150 valence electrons. The molecule has 6 nitrogen and oxygen atoms in total. The summed E-state index contributed by atoms with van der Waals surface area (Å²) in [5.41, 5.74) is 0. The van der Waals surface area contributed by atoms with Gasteiger partial charge in [-0.1, -0.05) is 13.8 Å². The average molecular weight is 477 g/mol. The highest BCUT2D eigenvalue weighted by Crippen LogP contribution is 2.24. The molecule has 0 spiro atoms. The first-order chi connectivity index (χ1) is 12.3. The molecule has 2 heterocycles. The van der Waals surface area contributed by atoms with Gasteiger partial charge in [-0.2, -0.15) is 0 Å². The van der Waals surface area contributed by atoms with Crippen LogP contribution in [0.4, 0.5) is 0 Å². The molecular formula is C19H36IN5O. The maximum Gasteiger partial charge on any atom is 0.191 e. The summed E-state index contributed by atoms with van der Waals surface area (Å²) in [5, 5.41) is 6.90. The van der Waals surface area contributed by atoms with E-state index in [0.717, 1.165) is 64.0 Å². The van der Waals surface area contributed by atoms with Gasteiger partial charge in [0.15, 0.2) is 5.96 Å². The van der Waals surface area contributed by atoms with Gasteiger partial charge in [-0.15, -0.1) is 24.0 Å². The predicted molar refractivity (Wildman–Crippen MR) is 119 cm³/mol. The van der Waals surface area contributed by atoms with Crippen LogP contribution in [0.25, 0.3) is 0 Å². The Morgan fingerprint density at radius 2 is 2.00 bits per heavy atom. The van der Waals surface area contributed by atoms with Crippen LogP contribution in [0.2, 0.25) is 0 Å².